The van der Waals surface area contributed by atoms with E-state index in [0.717, 1.165) is 6.08 Å². The molecule has 0 fully saturated rings. The van der Waals surface area contributed by atoms with Gasteiger partial charge in [-0.05, 0) is 12.8 Å². The molecule has 0 aliphatic heterocycles. The predicted molar refractivity (Wildman–Crippen MR) is 40.6 cm³/mol. The van der Waals surface area contributed by atoms with Crippen molar-refractivity contribution in [3.8, 4) is 0 Å². The fraction of sp³-hybridized carbons (Fsp3) is 0.429. The third-order valence-electron chi connectivity index (χ3n) is 1.14. The van der Waals surface area contributed by atoms with Crippen LogP contribution in [0.3, 0.4) is 0 Å². The van der Waals surface area contributed by atoms with Crippen molar-refractivity contribution in [2.75, 3.05) is 0 Å². The summed E-state index contributed by atoms with van der Waals surface area (Å²) in [4.78, 5) is 20.4. The van der Waals surface area contributed by atoms with E-state index in [2.05, 4.69) is 0 Å². The summed E-state index contributed by atoms with van der Waals surface area (Å²) in [5.41, 5.74) is 1.42. The van der Waals surface area contributed by atoms with Gasteiger partial charge in [-0.15, -0.1) is 0 Å². The topological polar surface area (TPSA) is 86.6 Å². The molecular weight excluding hydrogens is 162 g/mol. The number of hydrogen-bond donors (Lipinski definition) is 3. The van der Waals surface area contributed by atoms with Crippen LogP contribution in [0, 0.1) is 0 Å². The summed E-state index contributed by atoms with van der Waals surface area (Å²) in [5, 5.41) is 16.3. The lowest BCUT2D eigenvalue weighted by molar-refractivity contribution is -0.137. The Morgan fingerprint density at radius 1 is 1.42 bits per heavy atom. The van der Waals surface area contributed by atoms with Gasteiger partial charge in [0.15, 0.2) is 0 Å². The van der Waals surface area contributed by atoms with E-state index in [9.17, 15) is 9.59 Å². The molecule has 0 saturated carbocycles. The van der Waals surface area contributed by atoms with E-state index in [0.29, 0.717) is 12.8 Å². The van der Waals surface area contributed by atoms with Gasteiger partial charge in [-0.25, -0.2) is 5.48 Å². The number of allylic oxidation sites excluding steroid dienone is 1. The van der Waals surface area contributed by atoms with Gasteiger partial charge in [-0.2, -0.15) is 0 Å². The molecule has 0 atom stereocenters. The molecular formula is C7H11NO4. The number of unbranched alkanes of at least 4 members (excludes halogenated alkanes) is 1. The van der Waals surface area contributed by atoms with Gasteiger partial charge >= 0.3 is 5.97 Å². The monoisotopic (exact) mass is 173 g/mol. The molecule has 0 rings (SSSR count). The SMILES string of the molecule is O=C(O)CCC/C=C/C(=O)NO. The highest BCUT2D eigenvalue weighted by atomic mass is 16.5. The van der Waals surface area contributed by atoms with Gasteiger partial charge in [0.1, 0.15) is 0 Å². The lowest BCUT2D eigenvalue weighted by Gasteiger charge is -1.90. The Bertz CT molecular complexity index is 188. The van der Waals surface area contributed by atoms with Crippen molar-refractivity contribution in [3.63, 3.8) is 0 Å². The molecule has 0 radical (unpaired) electrons. The first-order valence-corrected chi connectivity index (χ1v) is 3.49. The third-order valence-corrected chi connectivity index (χ3v) is 1.14. The van der Waals surface area contributed by atoms with Crippen LogP contribution in [0.2, 0.25) is 0 Å². The maximum Gasteiger partial charge on any atom is 0.303 e. The van der Waals surface area contributed by atoms with Crippen molar-refractivity contribution in [3.05, 3.63) is 12.2 Å². The van der Waals surface area contributed by atoms with Crippen molar-refractivity contribution in [2.24, 2.45) is 0 Å². The number of carbonyl (C=O) groups excluding carboxylic acids is 1. The normalized spacial score (nSPS) is 10.1. The molecule has 0 aromatic heterocycles. The summed E-state index contributed by atoms with van der Waals surface area (Å²) in [6, 6.07) is 0. The number of hydroxylamine groups is 1. The van der Waals surface area contributed by atoms with E-state index in [4.69, 9.17) is 10.3 Å². The van der Waals surface area contributed by atoms with Crippen LogP contribution in [0.25, 0.3) is 0 Å². The molecule has 5 nitrogen and oxygen atoms in total. The molecule has 0 spiro atoms. The van der Waals surface area contributed by atoms with Gasteiger partial charge in [-0.1, -0.05) is 6.08 Å². The first-order valence-electron chi connectivity index (χ1n) is 3.49. The second-order valence-electron chi connectivity index (χ2n) is 2.16. The molecule has 3 N–H and O–H groups in total. The maximum atomic E-state index is 10.3. The first-order chi connectivity index (χ1) is 5.66. The number of rotatable bonds is 5. The molecule has 0 aliphatic rings. The summed E-state index contributed by atoms with van der Waals surface area (Å²) >= 11 is 0. The number of aliphatic carboxylic acids is 1. The highest BCUT2D eigenvalue weighted by Crippen LogP contribution is 1.95. The van der Waals surface area contributed by atoms with Crippen molar-refractivity contribution in [2.45, 2.75) is 19.3 Å². The van der Waals surface area contributed by atoms with E-state index in [1.165, 1.54) is 11.6 Å². The Balaban J connectivity index is 3.36. The number of carboxylic acids is 1. The van der Waals surface area contributed by atoms with Gasteiger partial charge in [-0.3, -0.25) is 14.8 Å². The zero-order chi connectivity index (χ0) is 9.40. The van der Waals surface area contributed by atoms with Crippen LogP contribution in [-0.4, -0.2) is 22.2 Å². The van der Waals surface area contributed by atoms with Gasteiger partial charge in [0, 0.05) is 12.5 Å². The van der Waals surface area contributed by atoms with Crippen molar-refractivity contribution >= 4 is 11.9 Å². The molecule has 0 aromatic carbocycles. The van der Waals surface area contributed by atoms with Gasteiger partial charge < -0.3 is 5.11 Å². The minimum Gasteiger partial charge on any atom is -0.481 e. The Hall–Kier alpha value is -1.36. The van der Waals surface area contributed by atoms with Crippen LogP contribution >= 0.6 is 0 Å². The van der Waals surface area contributed by atoms with Crippen LogP contribution in [-0.2, 0) is 9.59 Å². The molecule has 1 amide bonds. The summed E-state index contributed by atoms with van der Waals surface area (Å²) in [6.07, 6.45) is 3.76. The van der Waals surface area contributed by atoms with Crippen LogP contribution < -0.4 is 5.48 Å². The second-order valence-corrected chi connectivity index (χ2v) is 2.16. The maximum absolute atomic E-state index is 10.3. The average molecular weight is 173 g/mol. The lowest BCUT2D eigenvalue weighted by Crippen LogP contribution is -2.14. The van der Waals surface area contributed by atoms with E-state index < -0.39 is 11.9 Å². The van der Waals surface area contributed by atoms with Crippen LogP contribution in [0.1, 0.15) is 19.3 Å². The fourth-order valence-corrected chi connectivity index (χ4v) is 0.599. The number of nitrogens with one attached hydrogen (secondary N) is 1. The molecule has 0 bridgehead atoms. The molecule has 12 heavy (non-hydrogen) atoms. The Kier molecular flexibility index (Phi) is 5.64. The number of carboxylic acid groups (broad SMARTS) is 1. The Morgan fingerprint density at radius 2 is 2.08 bits per heavy atom. The average Bonchev–Trinajstić information content (AvgIpc) is 2.03. The second kappa shape index (κ2) is 6.36. The van der Waals surface area contributed by atoms with E-state index in [-0.39, 0.29) is 6.42 Å². The van der Waals surface area contributed by atoms with Crippen LogP contribution in [0.4, 0.5) is 0 Å². The highest BCUT2D eigenvalue weighted by Gasteiger charge is 1.94. The highest BCUT2D eigenvalue weighted by molar-refractivity contribution is 5.86. The Morgan fingerprint density at radius 3 is 2.58 bits per heavy atom. The minimum atomic E-state index is -0.852. The molecule has 0 unspecified atom stereocenters. The van der Waals surface area contributed by atoms with Crippen LogP contribution in [0.5, 0.6) is 0 Å². The van der Waals surface area contributed by atoms with E-state index in [1.54, 1.807) is 0 Å². The summed E-state index contributed by atoms with van der Waals surface area (Å²) in [7, 11) is 0. The molecule has 0 heterocycles. The minimum absolute atomic E-state index is 0.0884. The largest absolute Gasteiger partial charge is 0.481 e. The summed E-state index contributed by atoms with van der Waals surface area (Å²) < 4.78 is 0. The van der Waals surface area contributed by atoms with Crippen molar-refractivity contribution in [1.29, 1.82) is 0 Å². The van der Waals surface area contributed by atoms with Crippen molar-refractivity contribution < 1.29 is 19.9 Å². The molecule has 68 valence electrons. The first kappa shape index (κ1) is 10.6. The quantitative estimate of drug-likeness (QED) is 0.241. The molecule has 5 heteroatoms. The fourth-order valence-electron chi connectivity index (χ4n) is 0.599. The van der Waals surface area contributed by atoms with Gasteiger partial charge in [0.05, 0.1) is 0 Å². The molecule has 0 aromatic rings. The third kappa shape index (κ3) is 6.76. The molecule has 0 saturated heterocycles. The summed E-state index contributed by atoms with van der Waals surface area (Å²) in [5.74, 6) is -1.46. The van der Waals surface area contributed by atoms with Crippen LogP contribution in [0.15, 0.2) is 12.2 Å². The lowest BCUT2D eigenvalue weighted by atomic mass is 10.2. The smallest absolute Gasteiger partial charge is 0.303 e. The van der Waals surface area contributed by atoms with E-state index >= 15 is 0 Å². The van der Waals surface area contributed by atoms with Gasteiger partial charge in [0.25, 0.3) is 5.91 Å². The Labute approximate surface area is 69.7 Å². The standard InChI is InChI=1S/C7H11NO4/c9-6(8-12)4-2-1-3-5-7(10)11/h2,4,12H,1,3,5H2,(H,8,9)(H,10,11)/b4-2+. The van der Waals surface area contributed by atoms with Crippen molar-refractivity contribution in [1.82, 2.24) is 5.48 Å². The number of hydrogen-bond acceptors (Lipinski definition) is 3. The zero-order valence-corrected chi connectivity index (χ0v) is 6.49. The summed E-state index contributed by atoms with van der Waals surface area (Å²) in [6.45, 7) is 0. The van der Waals surface area contributed by atoms with Gasteiger partial charge in [0.2, 0.25) is 0 Å². The zero-order valence-electron chi connectivity index (χ0n) is 6.49. The predicted octanol–water partition coefficient (Wildman–Crippen LogP) is 0.303. The number of amides is 1. The van der Waals surface area contributed by atoms with E-state index in [1.807, 2.05) is 0 Å². The number of carbonyl (C=O) groups is 2. The molecule has 0 aliphatic carbocycles.